The van der Waals surface area contributed by atoms with Crippen LogP contribution in [0.15, 0.2) is 24.3 Å². The van der Waals surface area contributed by atoms with Gasteiger partial charge in [-0.15, -0.1) is 0 Å². The van der Waals surface area contributed by atoms with Crippen LogP contribution in [0.25, 0.3) is 0 Å². The van der Waals surface area contributed by atoms with Crippen molar-refractivity contribution in [2.75, 3.05) is 51.7 Å². The monoisotopic (exact) mass is 305 g/mol. The summed E-state index contributed by atoms with van der Waals surface area (Å²) >= 11 is 0. The van der Waals surface area contributed by atoms with Gasteiger partial charge in [-0.05, 0) is 18.1 Å². The van der Waals surface area contributed by atoms with Gasteiger partial charge in [-0.3, -0.25) is 9.69 Å². The number of methoxy groups -OCH3 is 1. The third-order valence-electron chi connectivity index (χ3n) is 3.81. The summed E-state index contributed by atoms with van der Waals surface area (Å²) in [6.07, 6.45) is 0. The molecule has 5 nitrogen and oxygen atoms in total. The summed E-state index contributed by atoms with van der Waals surface area (Å²) in [4.78, 5) is 16.8. The molecule has 2 rings (SSSR count). The van der Waals surface area contributed by atoms with Crippen molar-refractivity contribution in [2.45, 2.75) is 13.8 Å². The summed E-state index contributed by atoms with van der Waals surface area (Å²) in [6, 6.07) is 7.45. The highest BCUT2D eigenvalue weighted by molar-refractivity contribution is 5.92. The predicted octanol–water partition coefficient (Wildman–Crippen LogP) is 1.91. The molecule has 0 saturated carbocycles. The van der Waals surface area contributed by atoms with E-state index in [-0.39, 0.29) is 5.91 Å². The Morgan fingerprint density at radius 3 is 2.55 bits per heavy atom. The lowest BCUT2D eigenvalue weighted by Gasteiger charge is -2.35. The number of hydrogen-bond donors (Lipinski definition) is 1. The average molecular weight is 305 g/mol. The number of benzene rings is 1. The van der Waals surface area contributed by atoms with Gasteiger partial charge < -0.3 is 15.0 Å². The van der Waals surface area contributed by atoms with E-state index in [0.29, 0.717) is 12.5 Å². The number of carbonyl (C=O) groups excluding carboxylic acids is 1. The Morgan fingerprint density at radius 2 is 1.91 bits per heavy atom. The lowest BCUT2D eigenvalue weighted by atomic mass is 10.2. The highest BCUT2D eigenvalue weighted by atomic mass is 16.5. The van der Waals surface area contributed by atoms with Gasteiger partial charge in [0.25, 0.3) is 0 Å². The van der Waals surface area contributed by atoms with Gasteiger partial charge in [-0.1, -0.05) is 19.9 Å². The van der Waals surface area contributed by atoms with Crippen molar-refractivity contribution in [3.05, 3.63) is 24.3 Å². The maximum Gasteiger partial charge on any atom is 0.238 e. The molecule has 1 heterocycles. The lowest BCUT2D eigenvalue weighted by molar-refractivity contribution is -0.117. The van der Waals surface area contributed by atoms with Crippen LogP contribution in [0, 0.1) is 5.92 Å². The van der Waals surface area contributed by atoms with Crippen molar-refractivity contribution in [3.8, 4) is 5.75 Å². The molecule has 5 heteroatoms. The number of rotatable bonds is 6. The van der Waals surface area contributed by atoms with Crippen LogP contribution in [-0.4, -0.2) is 62.1 Å². The van der Waals surface area contributed by atoms with Crippen molar-refractivity contribution >= 4 is 11.6 Å². The first kappa shape index (κ1) is 16.8. The molecule has 1 aromatic carbocycles. The Balaban J connectivity index is 1.76. The number of piperazine rings is 1. The van der Waals surface area contributed by atoms with E-state index in [9.17, 15) is 4.79 Å². The first-order chi connectivity index (χ1) is 10.6. The first-order valence-corrected chi connectivity index (χ1v) is 7.95. The molecule has 1 saturated heterocycles. The average Bonchev–Trinajstić information content (AvgIpc) is 2.49. The largest absolute Gasteiger partial charge is 0.497 e. The molecule has 0 unspecified atom stereocenters. The van der Waals surface area contributed by atoms with Gasteiger partial charge in [0.15, 0.2) is 0 Å². The zero-order valence-corrected chi connectivity index (χ0v) is 13.8. The number of ether oxygens (including phenoxy) is 1. The smallest absolute Gasteiger partial charge is 0.238 e. The second-order valence-electron chi connectivity index (χ2n) is 6.25. The lowest BCUT2D eigenvalue weighted by Crippen LogP contribution is -2.49. The molecule has 0 spiro atoms. The SMILES string of the molecule is COc1cccc(NC(=O)CN2CCN(CC(C)C)CC2)c1. The van der Waals surface area contributed by atoms with Crippen LogP contribution in [0.3, 0.4) is 0 Å². The predicted molar refractivity (Wildman–Crippen MR) is 89.3 cm³/mol. The third-order valence-corrected chi connectivity index (χ3v) is 3.81. The van der Waals surface area contributed by atoms with E-state index in [1.807, 2.05) is 24.3 Å². The number of nitrogens with zero attached hydrogens (tertiary/aromatic N) is 2. The summed E-state index contributed by atoms with van der Waals surface area (Å²) in [7, 11) is 1.62. The second kappa shape index (κ2) is 8.15. The summed E-state index contributed by atoms with van der Waals surface area (Å²) in [6.45, 7) is 10.1. The van der Waals surface area contributed by atoms with Crippen LogP contribution in [0.4, 0.5) is 5.69 Å². The second-order valence-corrected chi connectivity index (χ2v) is 6.25. The summed E-state index contributed by atoms with van der Waals surface area (Å²) in [5, 5.41) is 2.93. The van der Waals surface area contributed by atoms with Gasteiger partial charge in [-0.2, -0.15) is 0 Å². The van der Waals surface area contributed by atoms with Crippen LogP contribution in [0.1, 0.15) is 13.8 Å². The minimum atomic E-state index is 0.0329. The van der Waals surface area contributed by atoms with Crippen LogP contribution in [0.5, 0.6) is 5.75 Å². The normalized spacial score (nSPS) is 16.7. The van der Waals surface area contributed by atoms with E-state index in [0.717, 1.165) is 44.2 Å². The van der Waals surface area contributed by atoms with Crippen molar-refractivity contribution in [1.82, 2.24) is 9.80 Å². The Morgan fingerprint density at radius 1 is 1.23 bits per heavy atom. The summed E-state index contributed by atoms with van der Waals surface area (Å²) in [5.41, 5.74) is 0.780. The molecule has 0 aromatic heterocycles. The van der Waals surface area contributed by atoms with Crippen molar-refractivity contribution in [1.29, 1.82) is 0 Å². The molecule has 22 heavy (non-hydrogen) atoms. The Kier molecular flexibility index (Phi) is 6.21. The third kappa shape index (κ3) is 5.31. The molecule has 1 fully saturated rings. The van der Waals surface area contributed by atoms with Gasteiger partial charge in [0.2, 0.25) is 5.91 Å². The molecule has 1 aromatic rings. The molecular formula is C17H27N3O2. The zero-order valence-electron chi connectivity index (χ0n) is 13.8. The van der Waals surface area contributed by atoms with Gasteiger partial charge in [0, 0.05) is 44.5 Å². The van der Waals surface area contributed by atoms with E-state index in [4.69, 9.17) is 4.74 Å². The maximum atomic E-state index is 12.1. The number of hydrogen-bond acceptors (Lipinski definition) is 4. The van der Waals surface area contributed by atoms with E-state index < -0.39 is 0 Å². The minimum absolute atomic E-state index is 0.0329. The fourth-order valence-electron chi connectivity index (χ4n) is 2.75. The molecule has 0 radical (unpaired) electrons. The van der Waals surface area contributed by atoms with Gasteiger partial charge in [0.05, 0.1) is 13.7 Å². The van der Waals surface area contributed by atoms with Crippen molar-refractivity contribution < 1.29 is 9.53 Å². The molecule has 1 N–H and O–H groups in total. The standard InChI is InChI=1S/C17H27N3O2/c1-14(2)12-19-7-9-20(10-8-19)13-17(21)18-15-5-4-6-16(11-15)22-3/h4-6,11,14H,7-10,12-13H2,1-3H3,(H,18,21). The Labute approximate surface area is 133 Å². The zero-order chi connectivity index (χ0) is 15.9. The minimum Gasteiger partial charge on any atom is -0.497 e. The van der Waals surface area contributed by atoms with Gasteiger partial charge in [0.1, 0.15) is 5.75 Å². The molecule has 1 aliphatic heterocycles. The number of amides is 1. The topological polar surface area (TPSA) is 44.8 Å². The van der Waals surface area contributed by atoms with Crippen LogP contribution in [-0.2, 0) is 4.79 Å². The Bertz CT molecular complexity index is 483. The quantitative estimate of drug-likeness (QED) is 0.872. The first-order valence-electron chi connectivity index (χ1n) is 7.95. The van der Waals surface area contributed by atoms with Crippen LogP contribution < -0.4 is 10.1 Å². The van der Waals surface area contributed by atoms with E-state index in [2.05, 4.69) is 29.0 Å². The van der Waals surface area contributed by atoms with E-state index >= 15 is 0 Å². The molecule has 0 aliphatic carbocycles. The summed E-state index contributed by atoms with van der Waals surface area (Å²) < 4.78 is 5.16. The highest BCUT2D eigenvalue weighted by Gasteiger charge is 2.19. The molecule has 0 atom stereocenters. The fourth-order valence-corrected chi connectivity index (χ4v) is 2.75. The van der Waals surface area contributed by atoms with Gasteiger partial charge in [-0.25, -0.2) is 0 Å². The number of anilines is 1. The molecular weight excluding hydrogens is 278 g/mol. The van der Waals surface area contributed by atoms with Crippen molar-refractivity contribution in [3.63, 3.8) is 0 Å². The molecule has 0 bridgehead atoms. The van der Waals surface area contributed by atoms with E-state index in [1.165, 1.54) is 0 Å². The van der Waals surface area contributed by atoms with Crippen LogP contribution in [0.2, 0.25) is 0 Å². The highest BCUT2D eigenvalue weighted by Crippen LogP contribution is 2.16. The molecule has 1 aliphatic rings. The number of nitrogens with one attached hydrogen (secondary N) is 1. The Hall–Kier alpha value is -1.59. The van der Waals surface area contributed by atoms with Crippen LogP contribution >= 0.6 is 0 Å². The van der Waals surface area contributed by atoms with E-state index in [1.54, 1.807) is 7.11 Å². The fraction of sp³-hybridized carbons (Fsp3) is 0.588. The summed E-state index contributed by atoms with van der Waals surface area (Å²) in [5.74, 6) is 1.48. The molecule has 122 valence electrons. The van der Waals surface area contributed by atoms with Crippen molar-refractivity contribution in [2.24, 2.45) is 5.92 Å². The van der Waals surface area contributed by atoms with Gasteiger partial charge >= 0.3 is 0 Å². The molecule has 1 amide bonds. The number of carbonyl (C=O) groups is 1. The maximum absolute atomic E-state index is 12.1.